The molecule has 0 spiro atoms. The van der Waals surface area contributed by atoms with Crippen molar-refractivity contribution < 1.29 is 9.94 Å². The smallest absolute Gasteiger partial charge is 0.127 e. The molecule has 0 aromatic heterocycles. The molecule has 0 unspecified atom stereocenters. The molecular weight excluding hydrogens is 238 g/mol. The van der Waals surface area contributed by atoms with E-state index >= 15 is 0 Å². The molecule has 0 radical (unpaired) electrons. The highest BCUT2D eigenvalue weighted by atomic mass is 16.5. The van der Waals surface area contributed by atoms with Gasteiger partial charge in [-0.2, -0.15) is 0 Å². The average molecular weight is 253 g/mol. The van der Waals surface area contributed by atoms with Gasteiger partial charge in [0.15, 0.2) is 0 Å². The number of hydroxylamine groups is 1. The predicted octanol–water partition coefficient (Wildman–Crippen LogP) is 3.11. The van der Waals surface area contributed by atoms with Gasteiger partial charge in [-0.3, -0.25) is 0 Å². The Labute approximate surface area is 112 Å². The Kier molecular flexibility index (Phi) is 3.31. The van der Waals surface area contributed by atoms with Crippen molar-refractivity contribution in [2.45, 2.75) is 0 Å². The third-order valence-electron chi connectivity index (χ3n) is 3.20. The molecule has 0 saturated heterocycles. The first-order valence-electron chi connectivity index (χ1n) is 6.25. The molecule has 19 heavy (non-hydrogen) atoms. The topological polar surface area (TPSA) is 41.5 Å². The van der Waals surface area contributed by atoms with E-state index in [9.17, 15) is 0 Å². The summed E-state index contributed by atoms with van der Waals surface area (Å²) >= 11 is 0. The molecule has 2 aromatic carbocycles. The first kappa shape index (κ1) is 12.0. The molecule has 1 heterocycles. The van der Waals surface area contributed by atoms with Crippen LogP contribution in [0.15, 0.2) is 54.1 Å². The van der Waals surface area contributed by atoms with Gasteiger partial charge in [0.05, 0.1) is 0 Å². The van der Waals surface area contributed by atoms with Gasteiger partial charge in [-0.1, -0.05) is 36.4 Å². The second kappa shape index (κ2) is 5.26. The number of nitrogens with one attached hydrogen (secondary N) is 1. The summed E-state index contributed by atoms with van der Waals surface area (Å²) in [5, 5.41) is 8.75. The molecule has 3 heteroatoms. The van der Waals surface area contributed by atoms with Crippen LogP contribution < -0.4 is 10.2 Å². The van der Waals surface area contributed by atoms with Crippen molar-refractivity contribution in [3.05, 3.63) is 59.7 Å². The summed E-state index contributed by atoms with van der Waals surface area (Å²) in [6.07, 6.45) is 2.06. The Balaban J connectivity index is 1.98. The second-order valence-corrected chi connectivity index (χ2v) is 4.54. The fourth-order valence-corrected chi connectivity index (χ4v) is 2.24. The van der Waals surface area contributed by atoms with Crippen molar-refractivity contribution in [1.29, 1.82) is 0 Å². The number of hydrogen-bond donors (Lipinski definition) is 2. The van der Waals surface area contributed by atoms with Gasteiger partial charge in [-0.15, -0.1) is 0 Å². The molecule has 2 aromatic rings. The van der Waals surface area contributed by atoms with E-state index in [2.05, 4.69) is 35.8 Å². The summed E-state index contributed by atoms with van der Waals surface area (Å²) in [4.78, 5) is 0. The summed E-state index contributed by atoms with van der Waals surface area (Å²) in [7, 11) is 0. The Morgan fingerprint density at radius 2 is 1.89 bits per heavy atom. The van der Waals surface area contributed by atoms with Crippen LogP contribution in [0.2, 0.25) is 0 Å². The van der Waals surface area contributed by atoms with Crippen LogP contribution >= 0.6 is 0 Å². The van der Waals surface area contributed by atoms with E-state index in [4.69, 9.17) is 9.94 Å². The molecule has 2 N–H and O–H groups in total. The SMILES string of the molecule is ONCC1=Cc2cc(-c3ccccc3)ccc2OC1. The van der Waals surface area contributed by atoms with Gasteiger partial charge in [-0.05, 0) is 34.9 Å². The first-order chi connectivity index (χ1) is 9.36. The lowest BCUT2D eigenvalue weighted by Gasteiger charge is -2.18. The lowest BCUT2D eigenvalue weighted by atomic mass is 10.00. The third kappa shape index (κ3) is 2.52. The lowest BCUT2D eigenvalue weighted by Crippen LogP contribution is -2.18. The summed E-state index contributed by atoms with van der Waals surface area (Å²) < 4.78 is 5.66. The highest BCUT2D eigenvalue weighted by molar-refractivity contribution is 5.72. The first-order valence-corrected chi connectivity index (χ1v) is 6.25. The normalized spacial score (nSPS) is 13.4. The molecule has 1 aliphatic rings. The molecule has 0 aliphatic carbocycles. The summed E-state index contributed by atoms with van der Waals surface area (Å²) in [5.74, 6) is 0.890. The molecule has 0 amide bonds. The van der Waals surface area contributed by atoms with E-state index in [1.165, 1.54) is 5.56 Å². The quantitative estimate of drug-likeness (QED) is 0.826. The summed E-state index contributed by atoms with van der Waals surface area (Å²) in [6, 6.07) is 16.4. The maximum Gasteiger partial charge on any atom is 0.127 e. The van der Waals surface area contributed by atoms with Gasteiger partial charge in [0.1, 0.15) is 12.4 Å². The van der Waals surface area contributed by atoms with Gasteiger partial charge >= 0.3 is 0 Å². The van der Waals surface area contributed by atoms with Gasteiger partial charge in [0.2, 0.25) is 0 Å². The number of rotatable bonds is 3. The minimum Gasteiger partial charge on any atom is -0.489 e. The Morgan fingerprint density at radius 3 is 2.68 bits per heavy atom. The second-order valence-electron chi connectivity index (χ2n) is 4.54. The monoisotopic (exact) mass is 253 g/mol. The van der Waals surface area contributed by atoms with Crippen molar-refractivity contribution >= 4 is 6.08 Å². The van der Waals surface area contributed by atoms with E-state index < -0.39 is 0 Å². The van der Waals surface area contributed by atoms with Crippen molar-refractivity contribution in [2.75, 3.05) is 13.2 Å². The zero-order valence-electron chi connectivity index (χ0n) is 10.5. The molecule has 96 valence electrons. The van der Waals surface area contributed by atoms with Crippen LogP contribution in [0, 0.1) is 0 Å². The summed E-state index contributed by atoms with van der Waals surface area (Å²) in [5.41, 5.74) is 6.60. The number of benzene rings is 2. The average Bonchev–Trinajstić information content (AvgIpc) is 2.48. The number of fused-ring (bicyclic) bond motifs is 1. The molecule has 3 nitrogen and oxygen atoms in total. The van der Waals surface area contributed by atoms with Crippen LogP contribution in [0.1, 0.15) is 5.56 Å². The van der Waals surface area contributed by atoms with Crippen LogP contribution in [0.4, 0.5) is 0 Å². The van der Waals surface area contributed by atoms with Crippen LogP contribution in [-0.4, -0.2) is 18.4 Å². The largest absolute Gasteiger partial charge is 0.489 e. The Bertz CT molecular complexity index is 605. The van der Waals surface area contributed by atoms with Gasteiger partial charge < -0.3 is 9.94 Å². The van der Waals surface area contributed by atoms with Crippen LogP contribution in [0.25, 0.3) is 17.2 Å². The van der Waals surface area contributed by atoms with Crippen molar-refractivity contribution in [3.63, 3.8) is 0 Å². The highest BCUT2D eigenvalue weighted by Crippen LogP contribution is 2.30. The zero-order valence-corrected chi connectivity index (χ0v) is 10.5. The van der Waals surface area contributed by atoms with E-state index in [1.807, 2.05) is 24.3 Å². The number of ether oxygens (including phenoxy) is 1. The molecule has 3 rings (SSSR count). The van der Waals surface area contributed by atoms with Gasteiger partial charge in [-0.25, -0.2) is 5.48 Å². The van der Waals surface area contributed by atoms with Crippen LogP contribution in [-0.2, 0) is 0 Å². The predicted molar refractivity (Wildman–Crippen MR) is 75.1 cm³/mol. The molecule has 0 bridgehead atoms. The minimum absolute atomic E-state index is 0.426. The van der Waals surface area contributed by atoms with E-state index in [-0.39, 0.29) is 0 Å². The molecule has 0 atom stereocenters. The molecular formula is C16H15NO2. The van der Waals surface area contributed by atoms with Crippen molar-refractivity contribution in [3.8, 4) is 16.9 Å². The fraction of sp³-hybridized carbons (Fsp3) is 0.125. The van der Waals surface area contributed by atoms with Crippen LogP contribution in [0.5, 0.6) is 5.75 Å². The minimum atomic E-state index is 0.426. The fourth-order valence-electron chi connectivity index (χ4n) is 2.24. The third-order valence-corrected chi connectivity index (χ3v) is 3.20. The standard InChI is InChI=1S/C16H15NO2/c18-17-10-12-8-15-9-14(6-7-16(15)19-11-12)13-4-2-1-3-5-13/h1-9,17-18H,10-11H2. The maximum absolute atomic E-state index is 8.75. The van der Waals surface area contributed by atoms with E-state index in [0.29, 0.717) is 13.2 Å². The van der Waals surface area contributed by atoms with E-state index in [0.717, 1.165) is 22.4 Å². The Hall–Kier alpha value is -2.10. The Morgan fingerprint density at radius 1 is 1.05 bits per heavy atom. The highest BCUT2D eigenvalue weighted by Gasteiger charge is 2.12. The van der Waals surface area contributed by atoms with Crippen molar-refractivity contribution in [1.82, 2.24) is 5.48 Å². The summed E-state index contributed by atoms with van der Waals surface area (Å²) in [6.45, 7) is 0.945. The van der Waals surface area contributed by atoms with Gasteiger partial charge in [0.25, 0.3) is 0 Å². The molecule has 1 aliphatic heterocycles. The zero-order chi connectivity index (χ0) is 13.1. The molecule has 0 saturated carbocycles. The van der Waals surface area contributed by atoms with Crippen molar-refractivity contribution in [2.24, 2.45) is 0 Å². The number of hydrogen-bond acceptors (Lipinski definition) is 3. The maximum atomic E-state index is 8.75. The van der Waals surface area contributed by atoms with Gasteiger partial charge in [0, 0.05) is 12.1 Å². The van der Waals surface area contributed by atoms with Crippen LogP contribution in [0.3, 0.4) is 0 Å². The molecule has 0 fully saturated rings. The lowest BCUT2D eigenvalue weighted by molar-refractivity contribution is 0.173. The van der Waals surface area contributed by atoms with E-state index in [1.54, 1.807) is 0 Å².